The van der Waals surface area contributed by atoms with E-state index in [0.29, 0.717) is 39.4 Å². The molecule has 0 heterocycles. The number of hydrogen-bond acceptors (Lipinski definition) is 6. The smallest absolute Gasteiger partial charge is 0.326 e. The van der Waals surface area contributed by atoms with Crippen molar-refractivity contribution in [2.75, 3.05) is 46.6 Å². The van der Waals surface area contributed by atoms with Gasteiger partial charge in [-0.25, -0.2) is 4.79 Å². The van der Waals surface area contributed by atoms with Gasteiger partial charge < -0.3 is 30.5 Å². The number of nitrogens with one attached hydrogen (secondary N) is 3. The molecule has 0 aliphatic carbocycles. The van der Waals surface area contributed by atoms with Crippen LogP contribution in [-0.4, -0.2) is 75.5 Å². The van der Waals surface area contributed by atoms with E-state index < -0.39 is 12.0 Å². The third-order valence-electron chi connectivity index (χ3n) is 6.24. The van der Waals surface area contributed by atoms with Crippen molar-refractivity contribution in [1.29, 1.82) is 0 Å². The van der Waals surface area contributed by atoms with Crippen LogP contribution in [0.4, 0.5) is 0 Å². The Morgan fingerprint density at radius 1 is 0.676 bits per heavy atom. The first-order valence-electron chi connectivity index (χ1n) is 14.6. The lowest BCUT2D eigenvalue weighted by Crippen LogP contribution is -2.41. The number of aliphatic carboxylic acids is 1. The highest BCUT2D eigenvalue weighted by Crippen LogP contribution is 2.13. The Hall–Kier alpha value is -1.71. The number of ether oxygens (including phenoxy) is 2. The van der Waals surface area contributed by atoms with Gasteiger partial charge in [0.1, 0.15) is 6.04 Å². The van der Waals surface area contributed by atoms with Crippen molar-refractivity contribution in [3.8, 4) is 0 Å². The number of likely N-dealkylation sites (N-methyl/N-ethyl adjacent to an activating group) is 1. The van der Waals surface area contributed by atoms with Gasteiger partial charge in [-0.1, -0.05) is 84.0 Å². The zero-order chi connectivity index (χ0) is 27.4. The van der Waals surface area contributed by atoms with Crippen LogP contribution in [0.3, 0.4) is 0 Å². The van der Waals surface area contributed by atoms with Crippen molar-refractivity contribution in [3.63, 3.8) is 0 Å². The summed E-state index contributed by atoms with van der Waals surface area (Å²) in [6.45, 7) is 5.30. The summed E-state index contributed by atoms with van der Waals surface area (Å²) in [6.07, 6.45) is 16.4. The minimum atomic E-state index is -1.12. The van der Waals surface area contributed by atoms with E-state index in [4.69, 9.17) is 9.47 Å². The largest absolute Gasteiger partial charge is 0.480 e. The van der Waals surface area contributed by atoms with E-state index >= 15 is 0 Å². The van der Waals surface area contributed by atoms with Crippen LogP contribution in [0.15, 0.2) is 0 Å². The first-order chi connectivity index (χ1) is 18.0. The molecule has 0 saturated carbocycles. The van der Waals surface area contributed by atoms with E-state index in [2.05, 4.69) is 22.9 Å². The molecule has 218 valence electrons. The van der Waals surface area contributed by atoms with Crippen molar-refractivity contribution in [2.24, 2.45) is 0 Å². The molecule has 9 nitrogen and oxygen atoms in total. The molecule has 9 heteroatoms. The fourth-order valence-corrected chi connectivity index (χ4v) is 3.95. The highest BCUT2D eigenvalue weighted by molar-refractivity contribution is 5.84. The summed E-state index contributed by atoms with van der Waals surface area (Å²) >= 11 is 0. The monoisotopic (exact) mass is 529 g/mol. The van der Waals surface area contributed by atoms with Gasteiger partial charge in [-0.3, -0.25) is 9.59 Å². The molecular weight excluding hydrogens is 474 g/mol. The summed E-state index contributed by atoms with van der Waals surface area (Å²) in [5.41, 5.74) is 0. The molecular formula is C28H55N3O6. The third kappa shape index (κ3) is 25.7. The maximum absolute atomic E-state index is 12.2. The molecule has 0 aliphatic rings. The van der Waals surface area contributed by atoms with Gasteiger partial charge in [-0.15, -0.1) is 0 Å². The number of carbonyl (C=O) groups excluding carboxylic acids is 2. The lowest BCUT2D eigenvalue weighted by atomic mass is 10.0. The summed E-state index contributed by atoms with van der Waals surface area (Å²) < 4.78 is 10.7. The van der Waals surface area contributed by atoms with Gasteiger partial charge in [-0.2, -0.15) is 0 Å². The highest BCUT2D eigenvalue weighted by Gasteiger charge is 2.20. The second kappa shape index (κ2) is 27.3. The molecule has 0 bridgehead atoms. The van der Waals surface area contributed by atoms with Crippen LogP contribution in [0.5, 0.6) is 0 Å². The van der Waals surface area contributed by atoms with Gasteiger partial charge in [0.15, 0.2) is 0 Å². The van der Waals surface area contributed by atoms with Crippen molar-refractivity contribution >= 4 is 17.8 Å². The number of carboxylic acids is 1. The normalized spacial score (nSPS) is 11.8. The van der Waals surface area contributed by atoms with Gasteiger partial charge in [0.2, 0.25) is 11.8 Å². The van der Waals surface area contributed by atoms with E-state index in [1.807, 2.05) is 7.05 Å². The number of hydrogen-bond donors (Lipinski definition) is 4. The minimum Gasteiger partial charge on any atom is -0.480 e. The number of unbranched alkanes of at least 4 members (excludes halogenated alkanes) is 12. The molecule has 0 radical (unpaired) electrons. The van der Waals surface area contributed by atoms with Gasteiger partial charge >= 0.3 is 5.97 Å². The number of amides is 2. The van der Waals surface area contributed by atoms with E-state index in [1.54, 1.807) is 0 Å². The summed E-state index contributed by atoms with van der Waals surface area (Å²) in [7, 11) is 1.86. The van der Waals surface area contributed by atoms with Gasteiger partial charge in [0, 0.05) is 25.9 Å². The molecule has 0 aromatic carbocycles. The summed E-state index contributed by atoms with van der Waals surface area (Å²) in [4.78, 5) is 35.6. The van der Waals surface area contributed by atoms with Crippen molar-refractivity contribution < 1.29 is 29.0 Å². The second-order valence-corrected chi connectivity index (χ2v) is 9.67. The Labute approximate surface area is 225 Å². The van der Waals surface area contributed by atoms with Crippen LogP contribution >= 0.6 is 0 Å². The fourth-order valence-electron chi connectivity index (χ4n) is 3.95. The topological polar surface area (TPSA) is 126 Å². The highest BCUT2D eigenvalue weighted by atomic mass is 16.5. The average molecular weight is 530 g/mol. The predicted octanol–water partition coefficient (Wildman–Crippen LogP) is 4.19. The number of rotatable bonds is 28. The van der Waals surface area contributed by atoms with Crippen molar-refractivity contribution in [2.45, 2.75) is 116 Å². The standard InChI is InChI=1S/C28H55N3O6/c1-3-4-5-6-7-8-9-10-11-12-13-14-15-16-27(33)31-25(28(34)35)17-18-26(32)30-20-22-37-24-23-36-21-19-29-2/h25,29H,3-24H2,1-2H3,(H,30,32)(H,31,33)(H,34,35). The van der Waals surface area contributed by atoms with Crippen LogP contribution < -0.4 is 16.0 Å². The molecule has 1 unspecified atom stereocenters. The first-order valence-corrected chi connectivity index (χ1v) is 14.6. The molecule has 4 N–H and O–H groups in total. The van der Waals surface area contributed by atoms with Crippen molar-refractivity contribution in [1.82, 2.24) is 16.0 Å². The zero-order valence-electron chi connectivity index (χ0n) is 23.6. The van der Waals surface area contributed by atoms with Gasteiger partial charge in [0.25, 0.3) is 0 Å². The predicted molar refractivity (Wildman–Crippen MR) is 148 cm³/mol. The lowest BCUT2D eigenvalue weighted by molar-refractivity contribution is -0.142. The van der Waals surface area contributed by atoms with E-state index in [-0.39, 0.29) is 24.7 Å². The van der Waals surface area contributed by atoms with Crippen LogP contribution in [0.1, 0.15) is 110 Å². The first kappa shape index (κ1) is 35.3. The van der Waals surface area contributed by atoms with E-state index in [9.17, 15) is 19.5 Å². The zero-order valence-corrected chi connectivity index (χ0v) is 23.6. The Bertz CT molecular complexity index is 562. The van der Waals surface area contributed by atoms with Crippen LogP contribution in [0, 0.1) is 0 Å². The minimum absolute atomic E-state index is 0.0309. The fraction of sp³-hybridized carbons (Fsp3) is 0.893. The Morgan fingerprint density at radius 2 is 1.19 bits per heavy atom. The molecule has 0 saturated heterocycles. The molecule has 0 aliphatic heterocycles. The van der Waals surface area contributed by atoms with Crippen LogP contribution in [-0.2, 0) is 23.9 Å². The van der Waals surface area contributed by atoms with Gasteiger partial charge in [0.05, 0.1) is 26.4 Å². The molecule has 1 atom stereocenters. The Kier molecular flexibility index (Phi) is 26.1. The van der Waals surface area contributed by atoms with E-state index in [1.165, 1.54) is 64.2 Å². The van der Waals surface area contributed by atoms with Gasteiger partial charge in [-0.05, 0) is 19.9 Å². The van der Waals surface area contributed by atoms with Crippen molar-refractivity contribution in [3.05, 3.63) is 0 Å². The van der Waals surface area contributed by atoms with Crippen LogP contribution in [0.25, 0.3) is 0 Å². The second-order valence-electron chi connectivity index (χ2n) is 9.67. The SMILES string of the molecule is CCCCCCCCCCCCCCCC(=O)NC(CCC(=O)NCCOCCOCCNC)C(=O)O. The summed E-state index contributed by atoms with van der Waals surface area (Å²) in [5, 5.41) is 17.6. The number of carboxylic acid groups (broad SMARTS) is 1. The molecule has 0 aromatic heterocycles. The quantitative estimate of drug-likeness (QED) is 0.112. The molecule has 0 aromatic rings. The third-order valence-corrected chi connectivity index (χ3v) is 6.24. The molecule has 37 heavy (non-hydrogen) atoms. The molecule has 0 fully saturated rings. The Balaban J connectivity index is 3.70. The van der Waals surface area contributed by atoms with Crippen LogP contribution in [0.2, 0.25) is 0 Å². The molecule has 2 amide bonds. The Morgan fingerprint density at radius 3 is 1.70 bits per heavy atom. The summed E-state index contributed by atoms with van der Waals surface area (Å²) in [5.74, 6) is -1.64. The lowest BCUT2D eigenvalue weighted by Gasteiger charge is -2.14. The van der Waals surface area contributed by atoms with E-state index in [0.717, 1.165) is 25.8 Å². The average Bonchev–Trinajstić information content (AvgIpc) is 2.88. The number of carbonyl (C=O) groups is 3. The molecule has 0 spiro atoms. The summed E-state index contributed by atoms with van der Waals surface area (Å²) in [6, 6.07) is -1.05. The maximum Gasteiger partial charge on any atom is 0.326 e. The maximum atomic E-state index is 12.2. The molecule has 0 rings (SSSR count).